The predicted octanol–water partition coefficient (Wildman–Crippen LogP) is 4.81. The number of anilines is 1. The zero-order chi connectivity index (χ0) is 19.9. The summed E-state index contributed by atoms with van der Waals surface area (Å²) in [6.45, 7) is 2.11. The van der Waals surface area contributed by atoms with Crippen LogP contribution >= 0.6 is 23.4 Å². The molecule has 0 aliphatic rings. The van der Waals surface area contributed by atoms with Gasteiger partial charge in [0.15, 0.2) is 0 Å². The number of nitrogens with zero attached hydrogens (tertiary/aromatic N) is 2. The topological polar surface area (TPSA) is 77.2 Å². The van der Waals surface area contributed by atoms with E-state index in [1.54, 1.807) is 18.2 Å². The third kappa shape index (κ3) is 5.50. The van der Waals surface area contributed by atoms with Crippen molar-refractivity contribution in [1.29, 1.82) is 0 Å². The molecule has 8 heteroatoms. The van der Waals surface area contributed by atoms with Crippen molar-refractivity contribution in [2.24, 2.45) is 0 Å². The van der Waals surface area contributed by atoms with Gasteiger partial charge >= 0.3 is 0 Å². The lowest BCUT2D eigenvalue weighted by Crippen LogP contribution is -2.14. The number of hydrogen-bond acceptors (Lipinski definition) is 6. The van der Waals surface area contributed by atoms with E-state index in [0.29, 0.717) is 34.0 Å². The molecular formula is C20H20ClN3O3S. The minimum absolute atomic E-state index is 0.152. The van der Waals surface area contributed by atoms with Crippen molar-refractivity contribution >= 4 is 35.0 Å². The summed E-state index contributed by atoms with van der Waals surface area (Å²) < 4.78 is 10.7. The summed E-state index contributed by atoms with van der Waals surface area (Å²) in [5.41, 5.74) is 1.81. The summed E-state index contributed by atoms with van der Waals surface area (Å²) in [5, 5.41) is 11.7. The van der Waals surface area contributed by atoms with Gasteiger partial charge in [0, 0.05) is 12.1 Å². The van der Waals surface area contributed by atoms with Gasteiger partial charge in [-0.25, -0.2) is 0 Å². The van der Waals surface area contributed by atoms with Crippen LogP contribution in [0.1, 0.15) is 24.3 Å². The lowest BCUT2D eigenvalue weighted by atomic mass is 9.98. The first kappa shape index (κ1) is 20.2. The number of carbonyl (C=O) groups is 1. The Balaban J connectivity index is 1.50. The molecule has 1 atom stereocenters. The Morgan fingerprint density at radius 1 is 1.25 bits per heavy atom. The van der Waals surface area contributed by atoms with Crippen LogP contribution in [0.25, 0.3) is 0 Å². The second-order valence-electron chi connectivity index (χ2n) is 6.16. The molecule has 146 valence electrons. The summed E-state index contributed by atoms with van der Waals surface area (Å²) in [6, 6.07) is 15.2. The number of aromatic nitrogens is 2. The van der Waals surface area contributed by atoms with Gasteiger partial charge < -0.3 is 14.5 Å². The van der Waals surface area contributed by atoms with Gasteiger partial charge in [-0.1, -0.05) is 60.6 Å². The first-order chi connectivity index (χ1) is 13.5. The lowest BCUT2D eigenvalue weighted by Gasteiger charge is -2.08. The number of benzene rings is 2. The minimum atomic E-state index is -0.191. The Kier molecular flexibility index (Phi) is 6.95. The molecule has 3 rings (SSSR count). The maximum absolute atomic E-state index is 12.1. The summed E-state index contributed by atoms with van der Waals surface area (Å²) >= 11 is 7.25. The van der Waals surface area contributed by atoms with Gasteiger partial charge in [0.05, 0.1) is 17.9 Å². The average Bonchev–Trinajstić information content (AvgIpc) is 3.14. The van der Waals surface area contributed by atoms with Gasteiger partial charge in [0.1, 0.15) is 5.75 Å². The van der Waals surface area contributed by atoms with Crippen LogP contribution in [0.15, 0.2) is 58.2 Å². The molecule has 1 aromatic heterocycles. The summed E-state index contributed by atoms with van der Waals surface area (Å²) in [7, 11) is 1.54. The number of hydrogen-bond donors (Lipinski definition) is 1. The molecule has 0 saturated heterocycles. The van der Waals surface area contributed by atoms with E-state index in [4.69, 9.17) is 20.8 Å². The van der Waals surface area contributed by atoms with Crippen molar-refractivity contribution in [2.45, 2.75) is 24.5 Å². The fraction of sp³-hybridized carbons (Fsp3) is 0.250. The predicted molar refractivity (Wildman–Crippen MR) is 110 cm³/mol. The fourth-order valence-corrected chi connectivity index (χ4v) is 3.45. The Hall–Kier alpha value is -2.51. The smallest absolute Gasteiger partial charge is 0.277 e. The third-order valence-electron chi connectivity index (χ3n) is 4.06. The molecule has 0 saturated carbocycles. The highest BCUT2D eigenvalue weighted by molar-refractivity contribution is 7.99. The second kappa shape index (κ2) is 9.61. The number of carbonyl (C=O) groups excluding carboxylic acids is 1. The zero-order valence-corrected chi connectivity index (χ0v) is 17.1. The average molecular weight is 418 g/mol. The first-order valence-corrected chi connectivity index (χ1v) is 10.0. The van der Waals surface area contributed by atoms with Gasteiger partial charge in [-0.05, 0) is 29.7 Å². The van der Waals surface area contributed by atoms with E-state index < -0.39 is 0 Å². The maximum atomic E-state index is 12.1. The largest absolute Gasteiger partial charge is 0.495 e. The van der Waals surface area contributed by atoms with Crippen LogP contribution in [0.2, 0.25) is 5.02 Å². The van der Waals surface area contributed by atoms with Crippen LogP contribution < -0.4 is 10.1 Å². The molecule has 0 aliphatic heterocycles. The van der Waals surface area contributed by atoms with Crippen LogP contribution in [-0.2, 0) is 11.2 Å². The molecular weight excluding hydrogens is 398 g/mol. The van der Waals surface area contributed by atoms with E-state index in [1.807, 2.05) is 18.2 Å². The van der Waals surface area contributed by atoms with Crippen LogP contribution in [0.5, 0.6) is 5.75 Å². The Morgan fingerprint density at radius 3 is 2.75 bits per heavy atom. The van der Waals surface area contributed by atoms with Crippen molar-refractivity contribution in [3.63, 3.8) is 0 Å². The molecule has 1 amide bonds. The van der Waals surface area contributed by atoms with Crippen molar-refractivity contribution in [1.82, 2.24) is 10.2 Å². The fourth-order valence-electron chi connectivity index (χ4n) is 2.61. The molecule has 0 radical (unpaired) electrons. The summed E-state index contributed by atoms with van der Waals surface area (Å²) in [5.74, 6) is 1.34. The lowest BCUT2D eigenvalue weighted by molar-refractivity contribution is -0.113. The zero-order valence-electron chi connectivity index (χ0n) is 15.5. The number of amides is 1. The number of rotatable bonds is 8. The number of nitrogens with one attached hydrogen (secondary N) is 1. The van der Waals surface area contributed by atoms with E-state index in [9.17, 15) is 4.79 Å². The molecule has 3 aromatic rings. The summed E-state index contributed by atoms with van der Waals surface area (Å²) in [4.78, 5) is 12.1. The molecule has 28 heavy (non-hydrogen) atoms. The molecule has 1 unspecified atom stereocenters. The van der Waals surface area contributed by atoms with E-state index in [2.05, 4.69) is 34.6 Å². The van der Waals surface area contributed by atoms with Gasteiger partial charge in [0.2, 0.25) is 11.8 Å². The summed E-state index contributed by atoms with van der Waals surface area (Å²) in [6.07, 6.45) is 0.647. The third-order valence-corrected chi connectivity index (χ3v) is 5.17. The van der Waals surface area contributed by atoms with Crippen LogP contribution in [-0.4, -0.2) is 29.0 Å². The minimum Gasteiger partial charge on any atom is -0.495 e. The standard InChI is InChI=1S/C20H20ClN3O3S/c1-13(14-6-4-3-5-7-14)10-19-23-24-20(27-19)28-12-18(25)22-15-8-9-17(26-2)16(21)11-15/h3-9,11,13H,10,12H2,1-2H3,(H,22,25). The molecule has 0 fully saturated rings. The molecule has 0 bridgehead atoms. The van der Waals surface area contributed by atoms with E-state index in [1.165, 1.54) is 24.4 Å². The highest BCUT2D eigenvalue weighted by Crippen LogP contribution is 2.27. The Labute approximate surface area is 172 Å². The molecule has 1 N–H and O–H groups in total. The quantitative estimate of drug-likeness (QED) is 0.530. The first-order valence-electron chi connectivity index (χ1n) is 8.68. The number of halogens is 1. The number of methoxy groups -OCH3 is 1. The van der Waals surface area contributed by atoms with Gasteiger partial charge in [-0.2, -0.15) is 0 Å². The molecule has 6 nitrogen and oxygen atoms in total. The van der Waals surface area contributed by atoms with E-state index >= 15 is 0 Å². The van der Waals surface area contributed by atoms with Gasteiger partial charge in [-0.15, -0.1) is 10.2 Å². The van der Waals surface area contributed by atoms with Crippen molar-refractivity contribution in [3.05, 3.63) is 65.0 Å². The second-order valence-corrected chi connectivity index (χ2v) is 7.50. The van der Waals surface area contributed by atoms with Gasteiger partial charge in [-0.3, -0.25) is 4.79 Å². The van der Waals surface area contributed by atoms with Crippen LogP contribution in [0.4, 0.5) is 5.69 Å². The Morgan fingerprint density at radius 2 is 2.04 bits per heavy atom. The normalized spacial score (nSPS) is 11.8. The molecule has 1 heterocycles. The molecule has 0 aliphatic carbocycles. The Bertz CT molecular complexity index is 933. The van der Waals surface area contributed by atoms with E-state index in [0.717, 1.165) is 0 Å². The van der Waals surface area contributed by atoms with Crippen molar-refractivity contribution < 1.29 is 13.9 Å². The van der Waals surface area contributed by atoms with Crippen molar-refractivity contribution in [2.75, 3.05) is 18.2 Å². The van der Waals surface area contributed by atoms with Crippen LogP contribution in [0.3, 0.4) is 0 Å². The number of thioether (sulfide) groups is 1. The number of ether oxygens (including phenoxy) is 1. The monoisotopic (exact) mass is 417 g/mol. The highest BCUT2D eigenvalue weighted by atomic mass is 35.5. The van der Waals surface area contributed by atoms with Gasteiger partial charge in [0.25, 0.3) is 5.22 Å². The SMILES string of the molecule is COc1ccc(NC(=O)CSc2nnc(CC(C)c3ccccc3)o2)cc1Cl. The molecule has 0 spiro atoms. The van der Waals surface area contributed by atoms with E-state index in [-0.39, 0.29) is 17.6 Å². The highest BCUT2D eigenvalue weighted by Gasteiger charge is 2.14. The maximum Gasteiger partial charge on any atom is 0.277 e. The molecule has 2 aromatic carbocycles. The van der Waals surface area contributed by atoms with Crippen molar-refractivity contribution in [3.8, 4) is 5.75 Å². The van der Waals surface area contributed by atoms with Crippen LogP contribution in [0, 0.1) is 0 Å².